The number of nitrogens with zero attached hydrogens (tertiary/aromatic N) is 2. The molecule has 21 heavy (non-hydrogen) atoms. The normalized spacial score (nSPS) is 12.3. The SMILES string of the molecule is O=C(O)CN(CCN(CC(=O)O)C(F)C(=O)O)CC(=O)O. The summed E-state index contributed by atoms with van der Waals surface area (Å²) in [4.78, 5) is 43.5. The minimum Gasteiger partial charge on any atom is -0.480 e. The number of carboxylic acids is 4. The van der Waals surface area contributed by atoms with E-state index >= 15 is 0 Å². The molecule has 0 heterocycles. The van der Waals surface area contributed by atoms with Gasteiger partial charge in [0.1, 0.15) is 0 Å². The van der Waals surface area contributed by atoms with Gasteiger partial charge in [0.05, 0.1) is 19.6 Å². The average Bonchev–Trinajstić information content (AvgIpc) is 2.31. The summed E-state index contributed by atoms with van der Waals surface area (Å²) < 4.78 is 13.3. The zero-order valence-corrected chi connectivity index (χ0v) is 10.8. The number of aliphatic carboxylic acids is 4. The predicted molar refractivity (Wildman–Crippen MR) is 63.5 cm³/mol. The lowest BCUT2D eigenvalue weighted by Crippen LogP contribution is -2.46. The minimum atomic E-state index is -2.59. The van der Waals surface area contributed by atoms with Crippen LogP contribution in [0.2, 0.25) is 0 Å². The van der Waals surface area contributed by atoms with Gasteiger partial charge in [-0.1, -0.05) is 0 Å². The topological polar surface area (TPSA) is 156 Å². The van der Waals surface area contributed by atoms with E-state index < -0.39 is 56.4 Å². The molecule has 1 unspecified atom stereocenters. The van der Waals surface area contributed by atoms with Crippen molar-refractivity contribution < 1.29 is 44.0 Å². The molecule has 0 bridgehead atoms. The monoisotopic (exact) mass is 310 g/mol. The number of hydrogen-bond donors (Lipinski definition) is 4. The van der Waals surface area contributed by atoms with E-state index in [1.54, 1.807) is 0 Å². The van der Waals surface area contributed by atoms with Gasteiger partial charge in [-0.15, -0.1) is 0 Å². The summed E-state index contributed by atoms with van der Waals surface area (Å²) in [5.41, 5.74) is 0. The van der Waals surface area contributed by atoms with Crippen LogP contribution in [-0.2, 0) is 19.2 Å². The van der Waals surface area contributed by atoms with E-state index in [1.807, 2.05) is 0 Å². The Morgan fingerprint density at radius 2 is 1.24 bits per heavy atom. The van der Waals surface area contributed by atoms with Crippen molar-refractivity contribution >= 4 is 23.9 Å². The van der Waals surface area contributed by atoms with E-state index in [0.717, 1.165) is 4.90 Å². The van der Waals surface area contributed by atoms with Crippen molar-refractivity contribution in [3.8, 4) is 0 Å². The molecule has 0 radical (unpaired) electrons. The standard InChI is InChI=1S/C10H15FN2O8/c11-9(10(20)21)13(5-8(18)19)2-1-12(3-6(14)15)4-7(16)17/h9H,1-5H2,(H,14,15)(H,16,17)(H,18,19)(H,20,21). The Hall–Kier alpha value is -2.27. The predicted octanol–water partition coefficient (Wildman–Crippen LogP) is -1.78. The van der Waals surface area contributed by atoms with Crippen molar-refractivity contribution in [3.05, 3.63) is 0 Å². The van der Waals surface area contributed by atoms with Gasteiger partial charge in [0.2, 0.25) is 0 Å². The van der Waals surface area contributed by atoms with Crippen molar-refractivity contribution in [1.29, 1.82) is 0 Å². The first-order chi connectivity index (χ1) is 9.63. The van der Waals surface area contributed by atoms with E-state index in [9.17, 15) is 23.6 Å². The molecule has 0 amide bonds. The highest BCUT2D eigenvalue weighted by atomic mass is 19.1. The average molecular weight is 310 g/mol. The maximum absolute atomic E-state index is 13.3. The van der Waals surface area contributed by atoms with E-state index in [2.05, 4.69) is 0 Å². The highest BCUT2D eigenvalue weighted by Crippen LogP contribution is 2.03. The molecule has 0 spiro atoms. The van der Waals surface area contributed by atoms with Crippen LogP contribution < -0.4 is 0 Å². The second-order valence-electron chi connectivity index (χ2n) is 4.04. The molecule has 0 aromatic heterocycles. The van der Waals surface area contributed by atoms with Crippen LogP contribution in [-0.4, -0.2) is 93.1 Å². The lowest BCUT2D eigenvalue weighted by molar-refractivity contribution is -0.154. The number of rotatable bonds is 11. The third-order valence-corrected chi connectivity index (χ3v) is 2.28. The van der Waals surface area contributed by atoms with Crippen LogP contribution in [0.1, 0.15) is 0 Å². The van der Waals surface area contributed by atoms with Crippen molar-refractivity contribution in [3.63, 3.8) is 0 Å². The van der Waals surface area contributed by atoms with Gasteiger partial charge in [0.15, 0.2) is 0 Å². The molecule has 0 aliphatic heterocycles. The summed E-state index contributed by atoms with van der Waals surface area (Å²) in [6.07, 6.45) is -2.59. The van der Waals surface area contributed by atoms with Crippen LogP contribution in [0.15, 0.2) is 0 Å². The summed E-state index contributed by atoms with van der Waals surface area (Å²) in [7, 11) is 0. The molecule has 0 aliphatic carbocycles. The Morgan fingerprint density at radius 3 is 1.57 bits per heavy atom. The highest BCUT2D eigenvalue weighted by molar-refractivity contribution is 5.74. The largest absolute Gasteiger partial charge is 0.480 e. The van der Waals surface area contributed by atoms with Gasteiger partial charge in [-0.05, 0) is 0 Å². The second kappa shape index (κ2) is 8.81. The molecule has 1 atom stereocenters. The minimum absolute atomic E-state index is 0.320. The smallest absolute Gasteiger partial charge is 0.353 e. The number of carbonyl (C=O) groups is 4. The molecular formula is C10H15FN2O8. The maximum atomic E-state index is 13.3. The van der Waals surface area contributed by atoms with Gasteiger partial charge < -0.3 is 20.4 Å². The van der Waals surface area contributed by atoms with Crippen LogP contribution in [0.25, 0.3) is 0 Å². The van der Waals surface area contributed by atoms with Crippen molar-refractivity contribution in [2.24, 2.45) is 0 Å². The molecule has 0 rings (SSSR count). The molecule has 10 nitrogen and oxygen atoms in total. The number of halogens is 1. The van der Waals surface area contributed by atoms with Crippen LogP contribution in [0, 0.1) is 0 Å². The van der Waals surface area contributed by atoms with Gasteiger partial charge in [0.25, 0.3) is 6.30 Å². The van der Waals surface area contributed by atoms with Crippen molar-refractivity contribution in [1.82, 2.24) is 9.80 Å². The van der Waals surface area contributed by atoms with Crippen molar-refractivity contribution in [2.45, 2.75) is 6.30 Å². The zero-order chi connectivity index (χ0) is 16.6. The van der Waals surface area contributed by atoms with E-state index in [-0.39, 0.29) is 6.54 Å². The number of hydrogen-bond acceptors (Lipinski definition) is 6. The Bertz CT molecular complexity index is 400. The third-order valence-electron chi connectivity index (χ3n) is 2.28. The van der Waals surface area contributed by atoms with Gasteiger partial charge in [-0.2, -0.15) is 0 Å². The third kappa shape index (κ3) is 8.49. The summed E-state index contributed by atoms with van der Waals surface area (Å²) in [5.74, 6) is -6.01. The number of alkyl halides is 1. The molecular weight excluding hydrogens is 295 g/mol. The van der Waals surface area contributed by atoms with Crippen LogP contribution >= 0.6 is 0 Å². The van der Waals surface area contributed by atoms with Gasteiger partial charge in [-0.25, -0.2) is 9.18 Å². The molecule has 0 aromatic rings. The molecule has 0 fully saturated rings. The number of carboxylic acid groups (broad SMARTS) is 4. The summed E-state index contributed by atoms with van der Waals surface area (Å²) in [6, 6.07) is 0. The Kier molecular flexibility index (Phi) is 7.86. The van der Waals surface area contributed by atoms with E-state index in [1.165, 1.54) is 0 Å². The van der Waals surface area contributed by atoms with E-state index in [4.69, 9.17) is 20.4 Å². The first kappa shape index (κ1) is 18.7. The van der Waals surface area contributed by atoms with Gasteiger partial charge >= 0.3 is 23.9 Å². The quantitative estimate of drug-likeness (QED) is 0.322. The lowest BCUT2D eigenvalue weighted by Gasteiger charge is -2.25. The zero-order valence-electron chi connectivity index (χ0n) is 10.8. The molecule has 0 aliphatic rings. The first-order valence-corrected chi connectivity index (χ1v) is 5.62. The Balaban J connectivity index is 4.72. The van der Waals surface area contributed by atoms with E-state index in [0.29, 0.717) is 4.90 Å². The summed E-state index contributed by atoms with van der Waals surface area (Å²) in [6.45, 7) is -3.00. The van der Waals surface area contributed by atoms with Gasteiger partial charge in [-0.3, -0.25) is 24.2 Å². The van der Waals surface area contributed by atoms with Crippen LogP contribution in [0.4, 0.5) is 4.39 Å². The van der Waals surface area contributed by atoms with Gasteiger partial charge in [0, 0.05) is 13.1 Å². The fraction of sp³-hybridized carbons (Fsp3) is 0.600. The second-order valence-corrected chi connectivity index (χ2v) is 4.04. The maximum Gasteiger partial charge on any atom is 0.353 e. The molecule has 120 valence electrons. The highest BCUT2D eigenvalue weighted by Gasteiger charge is 2.27. The Labute approximate surface area is 118 Å². The fourth-order valence-electron chi connectivity index (χ4n) is 1.47. The summed E-state index contributed by atoms with van der Waals surface area (Å²) >= 11 is 0. The molecule has 0 saturated carbocycles. The molecule has 4 N–H and O–H groups in total. The fourth-order valence-corrected chi connectivity index (χ4v) is 1.47. The lowest BCUT2D eigenvalue weighted by atomic mass is 10.3. The first-order valence-electron chi connectivity index (χ1n) is 5.62. The Morgan fingerprint density at radius 1 is 0.810 bits per heavy atom. The molecule has 0 saturated heterocycles. The van der Waals surface area contributed by atoms with Crippen LogP contribution in [0.3, 0.4) is 0 Å². The molecule has 11 heteroatoms. The van der Waals surface area contributed by atoms with Crippen molar-refractivity contribution in [2.75, 3.05) is 32.7 Å². The van der Waals surface area contributed by atoms with Crippen LogP contribution in [0.5, 0.6) is 0 Å². The summed E-state index contributed by atoms with van der Waals surface area (Å²) in [5, 5.41) is 34.3. The molecule has 0 aromatic carbocycles.